The Morgan fingerprint density at radius 3 is 2.26 bits per heavy atom. The van der Waals surface area contributed by atoms with Gasteiger partial charge < -0.3 is 5.32 Å². The molecule has 0 spiro atoms. The first-order chi connectivity index (χ1) is 8.71. The largest absolute Gasteiger partial charge is 0.311 e. The van der Waals surface area contributed by atoms with Gasteiger partial charge in [0.25, 0.3) is 0 Å². The van der Waals surface area contributed by atoms with Crippen LogP contribution in [0.2, 0.25) is 0 Å². The van der Waals surface area contributed by atoms with Gasteiger partial charge in [-0.3, -0.25) is 4.90 Å². The van der Waals surface area contributed by atoms with Crippen LogP contribution in [-0.2, 0) is 0 Å². The summed E-state index contributed by atoms with van der Waals surface area (Å²) < 4.78 is 0. The number of nitrogens with zero attached hydrogens (tertiary/aromatic N) is 1. The van der Waals surface area contributed by atoms with Gasteiger partial charge in [-0.15, -0.1) is 0 Å². The first kappa shape index (κ1) is 17.0. The van der Waals surface area contributed by atoms with Crippen molar-refractivity contribution >= 4 is 0 Å². The first-order valence-electron chi connectivity index (χ1n) is 8.19. The van der Waals surface area contributed by atoms with Gasteiger partial charge in [0.1, 0.15) is 0 Å². The lowest BCUT2D eigenvalue weighted by Crippen LogP contribution is -2.61. The highest BCUT2D eigenvalue weighted by Crippen LogP contribution is 2.28. The molecule has 1 rings (SSSR count). The molecule has 1 fully saturated rings. The van der Waals surface area contributed by atoms with E-state index in [-0.39, 0.29) is 0 Å². The Morgan fingerprint density at radius 1 is 1.16 bits per heavy atom. The Bertz CT molecular complexity index is 252. The summed E-state index contributed by atoms with van der Waals surface area (Å²) in [7, 11) is 0. The van der Waals surface area contributed by atoms with Gasteiger partial charge >= 0.3 is 0 Å². The van der Waals surface area contributed by atoms with Gasteiger partial charge in [0, 0.05) is 25.2 Å². The van der Waals surface area contributed by atoms with Gasteiger partial charge in [0.2, 0.25) is 0 Å². The molecule has 0 saturated carbocycles. The molecule has 2 unspecified atom stereocenters. The molecule has 0 radical (unpaired) electrons. The second-order valence-electron chi connectivity index (χ2n) is 8.17. The van der Waals surface area contributed by atoms with Gasteiger partial charge in [-0.25, -0.2) is 0 Å². The van der Waals surface area contributed by atoms with Crippen molar-refractivity contribution in [2.75, 3.05) is 19.6 Å². The van der Waals surface area contributed by atoms with Crippen molar-refractivity contribution < 1.29 is 0 Å². The molecule has 1 heterocycles. The van der Waals surface area contributed by atoms with Gasteiger partial charge in [-0.2, -0.15) is 0 Å². The molecule has 2 nitrogen and oxygen atoms in total. The molecule has 2 atom stereocenters. The summed E-state index contributed by atoms with van der Waals surface area (Å²) in [5.74, 6) is 1.56. The van der Waals surface area contributed by atoms with E-state index in [1.165, 1.54) is 25.9 Å². The van der Waals surface area contributed by atoms with Crippen LogP contribution in [0.25, 0.3) is 0 Å². The molecule has 1 saturated heterocycles. The lowest BCUT2D eigenvalue weighted by molar-refractivity contribution is 0.0443. The van der Waals surface area contributed by atoms with Crippen LogP contribution >= 0.6 is 0 Å². The van der Waals surface area contributed by atoms with E-state index in [4.69, 9.17) is 0 Å². The molecule has 2 heteroatoms. The number of piperazine rings is 1. The average Bonchev–Trinajstić information content (AvgIpc) is 2.26. The standard InChI is InChI=1S/C17H36N2/c1-13(2)9-8-10-19-12-15(14(3)4)18-11-16(19)17(5,6)7/h13-16,18H,8-12H2,1-7H3. The average molecular weight is 268 g/mol. The van der Waals surface area contributed by atoms with Crippen LogP contribution in [0.1, 0.15) is 61.3 Å². The Morgan fingerprint density at radius 2 is 1.79 bits per heavy atom. The summed E-state index contributed by atoms with van der Waals surface area (Å²) in [6.07, 6.45) is 2.70. The van der Waals surface area contributed by atoms with Crippen molar-refractivity contribution in [2.24, 2.45) is 17.3 Å². The molecular weight excluding hydrogens is 232 g/mol. The molecule has 0 aromatic rings. The Hall–Kier alpha value is -0.0800. The van der Waals surface area contributed by atoms with Crippen LogP contribution in [0.5, 0.6) is 0 Å². The third-order valence-electron chi connectivity index (χ3n) is 4.48. The highest BCUT2D eigenvalue weighted by Gasteiger charge is 2.35. The number of hydrogen-bond donors (Lipinski definition) is 1. The Kier molecular flexibility index (Phi) is 6.32. The quantitative estimate of drug-likeness (QED) is 0.816. The van der Waals surface area contributed by atoms with E-state index in [1.54, 1.807) is 0 Å². The topological polar surface area (TPSA) is 15.3 Å². The van der Waals surface area contributed by atoms with E-state index in [2.05, 4.69) is 58.7 Å². The van der Waals surface area contributed by atoms with Crippen LogP contribution in [0.15, 0.2) is 0 Å². The smallest absolute Gasteiger partial charge is 0.0269 e. The Balaban J connectivity index is 2.60. The van der Waals surface area contributed by atoms with Crippen molar-refractivity contribution in [3.8, 4) is 0 Å². The van der Waals surface area contributed by atoms with Crippen molar-refractivity contribution in [1.82, 2.24) is 10.2 Å². The summed E-state index contributed by atoms with van der Waals surface area (Å²) in [6, 6.07) is 1.34. The fraction of sp³-hybridized carbons (Fsp3) is 1.00. The summed E-state index contributed by atoms with van der Waals surface area (Å²) >= 11 is 0. The summed E-state index contributed by atoms with van der Waals surface area (Å²) in [5, 5.41) is 3.76. The normalized spacial score (nSPS) is 26.4. The molecule has 0 amide bonds. The zero-order valence-electron chi connectivity index (χ0n) is 14.3. The number of rotatable bonds is 5. The van der Waals surface area contributed by atoms with Crippen LogP contribution in [0.3, 0.4) is 0 Å². The molecule has 1 aliphatic heterocycles. The van der Waals surface area contributed by atoms with Crippen LogP contribution in [0, 0.1) is 17.3 Å². The summed E-state index contributed by atoms with van der Waals surface area (Å²) in [6.45, 7) is 20.1. The lowest BCUT2D eigenvalue weighted by Gasteiger charge is -2.47. The molecule has 0 aromatic carbocycles. The van der Waals surface area contributed by atoms with Crippen LogP contribution < -0.4 is 5.32 Å². The molecule has 1 N–H and O–H groups in total. The maximum Gasteiger partial charge on any atom is 0.0269 e. The van der Waals surface area contributed by atoms with Crippen molar-refractivity contribution in [2.45, 2.75) is 73.4 Å². The molecule has 19 heavy (non-hydrogen) atoms. The SMILES string of the molecule is CC(C)CCCN1CC(C(C)C)NCC1C(C)(C)C. The fourth-order valence-electron chi connectivity index (χ4n) is 3.09. The van der Waals surface area contributed by atoms with Crippen molar-refractivity contribution in [3.63, 3.8) is 0 Å². The third kappa shape index (κ3) is 5.43. The van der Waals surface area contributed by atoms with E-state index in [0.717, 1.165) is 18.4 Å². The van der Waals surface area contributed by atoms with E-state index >= 15 is 0 Å². The van der Waals surface area contributed by atoms with Crippen LogP contribution in [0.4, 0.5) is 0 Å². The highest BCUT2D eigenvalue weighted by molar-refractivity contribution is 4.93. The predicted molar refractivity (Wildman–Crippen MR) is 85.5 cm³/mol. The Labute approximate surface area is 121 Å². The predicted octanol–water partition coefficient (Wildman–Crippen LogP) is 3.77. The number of hydrogen-bond acceptors (Lipinski definition) is 2. The maximum absolute atomic E-state index is 3.76. The van der Waals surface area contributed by atoms with Gasteiger partial charge in [-0.05, 0) is 36.6 Å². The van der Waals surface area contributed by atoms with Crippen molar-refractivity contribution in [1.29, 1.82) is 0 Å². The maximum atomic E-state index is 3.76. The minimum atomic E-state index is 0.368. The van der Waals surface area contributed by atoms with Crippen LogP contribution in [-0.4, -0.2) is 36.6 Å². The number of nitrogens with one attached hydrogen (secondary N) is 1. The molecule has 1 aliphatic rings. The second kappa shape index (κ2) is 7.08. The minimum Gasteiger partial charge on any atom is -0.311 e. The van der Waals surface area contributed by atoms with Gasteiger partial charge in [-0.1, -0.05) is 48.5 Å². The third-order valence-corrected chi connectivity index (χ3v) is 4.48. The summed E-state index contributed by atoms with van der Waals surface area (Å²) in [4.78, 5) is 2.75. The van der Waals surface area contributed by atoms with Crippen molar-refractivity contribution in [3.05, 3.63) is 0 Å². The molecule has 114 valence electrons. The fourth-order valence-corrected chi connectivity index (χ4v) is 3.09. The lowest BCUT2D eigenvalue weighted by atomic mass is 9.83. The van der Waals surface area contributed by atoms with Gasteiger partial charge in [0.05, 0.1) is 0 Å². The molecule has 0 aliphatic carbocycles. The zero-order chi connectivity index (χ0) is 14.6. The zero-order valence-corrected chi connectivity index (χ0v) is 14.3. The highest BCUT2D eigenvalue weighted by atomic mass is 15.2. The van der Waals surface area contributed by atoms with E-state index in [9.17, 15) is 0 Å². The van der Waals surface area contributed by atoms with E-state index in [1.807, 2.05) is 0 Å². The van der Waals surface area contributed by atoms with E-state index in [0.29, 0.717) is 17.5 Å². The van der Waals surface area contributed by atoms with Gasteiger partial charge in [0.15, 0.2) is 0 Å². The molecule has 0 bridgehead atoms. The first-order valence-corrected chi connectivity index (χ1v) is 8.19. The van der Waals surface area contributed by atoms with E-state index < -0.39 is 0 Å². The second-order valence-corrected chi connectivity index (χ2v) is 8.17. The summed E-state index contributed by atoms with van der Waals surface area (Å²) in [5.41, 5.74) is 0.368. The molecule has 0 aromatic heterocycles. The molecular formula is C17H36N2. The monoisotopic (exact) mass is 268 g/mol. The minimum absolute atomic E-state index is 0.368.